The van der Waals surface area contributed by atoms with Crippen molar-refractivity contribution in [2.45, 2.75) is 12.7 Å². The van der Waals surface area contributed by atoms with Crippen molar-refractivity contribution in [3.8, 4) is 11.8 Å². The third-order valence-electron chi connectivity index (χ3n) is 2.63. The molecule has 0 radical (unpaired) electrons. The van der Waals surface area contributed by atoms with Crippen LogP contribution < -0.4 is 5.73 Å². The van der Waals surface area contributed by atoms with Gasteiger partial charge in [0.25, 0.3) is 0 Å². The molecule has 0 aliphatic rings. The number of aromatic nitrogens is 2. The van der Waals surface area contributed by atoms with Gasteiger partial charge in [0.2, 0.25) is 0 Å². The highest BCUT2D eigenvalue weighted by atomic mass is 19.4. The molecular formula is C14H11F4N3. The largest absolute Gasteiger partial charge is 0.435 e. The van der Waals surface area contributed by atoms with Crippen LogP contribution in [0, 0.1) is 17.7 Å². The van der Waals surface area contributed by atoms with Crippen molar-refractivity contribution in [2.24, 2.45) is 5.73 Å². The van der Waals surface area contributed by atoms with Crippen molar-refractivity contribution in [3.05, 3.63) is 53.1 Å². The molecule has 7 heteroatoms. The van der Waals surface area contributed by atoms with Gasteiger partial charge in [-0.2, -0.15) is 18.3 Å². The third kappa shape index (κ3) is 3.83. The number of hydrogen-bond donors (Lipinski definition) is 1. The predicted molar refractivity (Wildman–Crippen MR) is 68.7 cm³/mol. The summed E-state index contributed by atoms with van der Waals surface area (Å²) in [7, 11) is 0. The standard InChI is InChI=1S/C14H11F4N3/c15-12-4-3-10(8-11(12)2-1-6-19)9-21-7-5-13(20-21)14(16,17)18/h3-5,7-8H,6,9,19H2. The van der Waals surface area contributed by atoms with Crippen LogP contribution in [0.5, 0.6) is 0 Å². The first-order valence-corrected chi connectivity index (χ1v) is 5.98. The van der Waals surface area contributed by atoms with Crippen LogP contribution in [0.1, 0.15) is 16.8 Å². The Labute approximate surface area is 118 Å². The zero-order valence-electron chi connectivity index (χ0n) is 10.8. The van der Waals surface area contributed by atoms with Crippen LogP contribution in [0.2, 0.25) is 0 Å². The van der Waals surface area contributed by atoms with Gasteiger partial charge in [-0.15, -0.1) is 0 Å². The monoisotopic (exact) mass is 297 g/mol. The molecule has 1 aromatic heterocycles. The van der Waals surface area contributed by atoms with Crippen molar-refractivity contribution in [1.82, 2.24) is 9.78 Å². The van der Waals surface area contributed by atoms with Crippen molar-refractivity contribution < 1.29 is 17.6 Å². The van der Waals surface area contributed by atoms with E-state index in [0.717, 1.165) is 10.7 Å². The van der Waals surface area contributed by atoms with Gasteiger partial charge in [0.15, 0.2) is 5.69 Å². The van der Waals surface area contributed by atoms with Crippen LogP contribution in [0.25, 0.3) is 0 Å². The van der Waals surface area contributed by atoms with Crippen molar-refractivity contribution >= 4 is 0 Å². The van der Waals surface area contributed by atoms with E-state index >= 15 is 0 Å². The Kier molecular flexibility index (Phi) is 4.29. The molecule has 1 heterocycles. The van der Waals surface area contributed by atoms with E-state index in [1.54, 1.807) is 0 Å². The topological polar surface area (TPSA) is 43.8 Å². The molecule has 0 saturated carbocycles. The first-order valence-electron chi connectivity index (χ1n) is 5.98. The number of alkyl halides is 3. The summed E-state index contributed by atoms with van der Waals surface area (Å²) in [4.78, 5) is 0. The lowest BCUT2D eigenvalue weighted by molar-refractivity contribution is -0.141. The Balaban J connectivity index is 2.22. The summed E-state index contributed by atoms with van der Waals surface area (Å²) in [5.74, 6) is 4.59. The van der Waals surface area contributed by atoms with Crippen molar-refractivity contribution in [2.75, 3.05) is 6.54 Å². The molecule has 0 aliphatic carbocycles. The average Bonchev–Trinajstić information content (AvgIpc) is 2.88. The number of hydrogen-bond acceptors (Lipinski definition) is 2. The van der Waals surface area contributed by atoms with Gasteiger partial charge in [-0.25, -0.2) is 4.39 Å². The molecule has 2 aromatic rings. The zero-order chi connectivity index (χ0) is 15.5. The average molecular weight is 297 g/mol. The molecule has 0 spiro atoms. The van der Waals surface area contributed by atoms with E-state index < -0.39 is 17.7 Å². The first-order chi connectivity index (χ1) is 9.90. The Morgan fingerprint density at radius 2 is 2.00 bits per heavy atom. The summed E-state index contributed by atoms with van der Waals surface area (Å²) in [5.41, 5.74) is 5.00. The third-order valence-corrected chi connectivity index (χ3v) is 2.63. The molecule has 0 aliphatic heterocycles. The number of nitrogens with zero attached hydrogens (tertiary/aromatic N) is 2. The van der Waals surface area contributed by atoms with Crippen molar-refractivity contribution in [3.63, 3.8) is 0 Å². The lowest BCUT2D eigenvalue weighted by Gasteiger charge is -2.04. The molecule has 0 bridgehead atoms. The lowest BCUT2D eigenvalue weighted by atomic mass is 10.1. The summed E-state index contributed by atoms with van der Waals surface area (Å²) in [6.07, 6.45) is -3.26. The number of benzene rings is 1. The Morgan fingerprint density at radius 3 is 2.62 bits per heavy atom. The zero-order valence-corrected chi connectivity index (χ0v) is 10.8. The van der Waals surface area contributed by atoms with Gasteiger partial charge in [-0.3, -0.25) is 4.68 Å². The molecule has 1 aromatic carbocycles. The normalized spacial score (nSPS) is 11.1. The van der Waals surface area contributed by atoms with E-state index in [4.69, 9.17) is 5.73 Å². The Morgan fingerprint density at radius 1 is 1.24 bits per heavy atom. The summed E-state index contributed by atoms with van der Waals surface area (Å²) in [6, 6.07) is 5.04. The van der Waals surface area contributed by atoms with E-state index in [0.29, 0.717) is 5.56 Å². The highest BCUT2D eigenvalue weighted by Gasteiger charge is 2.33. The van der Waals surface area contributed by atoms with Gasteiger partial charge in [-0.1, -0.05) is 17.9 Å². The molecule has 2 rings (SSSR count). The maximum atomic E-state index is 13.5. The number of halogens is 4. The van der Waals surface area contributed by atoms with E-state index in [-0.39, 0.29) is 18.7 Å². The van der Waals surface area contributed by atoms with Crippen LogP contribution in [0.15, 0.2) is 30.5 Å². The maximum absolute atomic E-state index is 13.5. The molecule has 2 N–H and O–H groups in total. The fourth-order valence-electron chi connectivity index (χ4n) is 1.70. The van der Waals surface area contributed by atoms with Gasteiger partial charge in [0, 0.05) is 6.20 Å². The highest BCUT2D eigenvalue weighted by Crippen LogP contribution is 2.27. The van der Waals surface area contributed by atoms with Crippen LogP contribution in [-0.4, -0.2) is 16.3 Å². The summed E-state index contributed by atoms with van der Waals surface area (Å²) in [6.45, 7) is 0.186. The summed E-state index contributed by atoms with van der Waals surface area (Å²) >= 11 is 0. The molecule has 3 nitrogen and oxygen atoms in total. The van der Waals surface area contributed by atoms with Gasteiger partial charge >= 0.3 is 6.18 Å². The van der Waals surface area contributed by atoms with Crippen molar-refractivity contribution in [1.29, 1.82) is 0 Å². The van der Waals surface area contributed by atoms with Crippen LogP contribution in [0.4, 0.5) is 17.6 Å². The molecule has 21 heavy (non-hydrogen) atoms. The van der Waals surface area contributed by atoms with E-state index in [9.17, 15) is 17.6 Å². The Hall–Kier alpha value is -2.33. The van der Waals surface area contributed by atoms with Crippen LogP contribution in [-0.2, 0) is 12.7 Å². The minimum absolute atomic E-state index is 0.0909. The van der Waals surface area contributed by atoms with Gasteiger partial charge in [-0.05, 0) is 23.8 Å². The molecule has 0 unspecified atom stereocenters. The van der Waals surface area contributed by atoms with Crippen LogP contribution >= 0.6 is 0 Å². The first kappa shape index (κ1) is 15.1. The summed E-state index contributed by atoms with van der Waals surface area (Å²) < 4.78 is 51.9. The van der Waals surface area contributed by atoms with E-state index in [2.05, 4.69) is 16.9 Å². The molecule has 110 valence electrons. The van der Waals surface area contributed by atoms with Gasteiger partial charge in [0.05, 0.1) is 18.7 Å². The fraction of sp³-hybridized carbons (Fsp3) is 0.214. The molecule has 0 atom stereocenters. The highest BCUT2D eigenvalue weighted by molar-refractivity contribution is 5.38. The van der Waals surface area contributed by atoms with E-state index in [1.807, 2.05) is 0 Å². The molecule has 0 saturated heterocycles. The fourth-order valence-corrected chi connectivity index (χ4v) is 1.70. The predicted octanol–water partition coefficient (Wildman–Crippen LogP) is 2.40. The minimum Gasteiger partial charge on any atom is -0.320 e. The molecule has 0 fully saturated rings. The lowest BCUT2D eigenvalue weighted by Crippen LogP contribution is -2.08. The van der Waals surface area contributed by atoms with E-state index in [1.165, 1.54) is 24.4 Å². The summed E-state index contributed by atoms with van der Waals surface area (Å²) in [5, 5.41) is 3.43. The van der Waals surface area contributed by atoms with Crippen LogP contribution in [0.3, 0.4) is 0 Å². The minimum atomic E-state index is -4.48. The second-order valence-corrected chi connectivity index (χ2v) is 4.22. The second-order valence-electron chi connectivity index (χ2n) is 4.22. The maximum Gasteiger partial charge on any atom is 0.435 e. The number of nitrogens with two attached hydrogens (primary N) is 1. The second kappa shape index (κ2) is 5.97. The SMILES string of the molecule is NCC#Cc1cc(Cn2ccc(C(F)(F)F)n2)ccc1F. The molecule has 0 amide bonds. The van der Waals surface area contributed by atoms with Gasteiger partial charge in [0.1, 0.15) is 5.82 Å². The molecular weight excluding hydrogens is 286 g/mol. The Bertz CT molecular complexity index is 692. The smallest absolute Gasteiger partial charge is 0.320 e. The van der Waals surface area contributed by atoms with Gasteiger partial charge < -0.3 is 5.73 Å². The number of rotatable bonds is 2. The quantitative estimate of drug-likeness (QED) is 0.683.